The molecule has 0 aliphatic heterocycles. The summed E-state index contributed by atoms with van der Waals surface area (Å²) in [5.41, 5.74) is 3.37. The van der Waals surface area contributed by atoms with Gasteiger partial charge in [0, 0.05) is 12.6 Å². The third kappa shape index (κ3) is 6.59. The minimum Gasteiger partial charge on any atom is -0.484 e. The lowest BCUT2D eigenvalue weighted by Gasteiger charge is -2.29. The van der Waals surface area contributed by atoms with Crippen molar-refractivity contribution < 1.29 is 14.3 Å². The summed E-state index contributed by atoms with van der Waals surface area (Å²) < 4.78 is 5.78. The van der Waals surface area contributed by atoms with E-state index in [1.165, 1.54) is 5.56 Å². The zero-order chi connectivity index (χ0) is 23.1. The van der Waals surface area contributed by atoms with E-state index in [9.17, 15) is 9.59 Å². The van der Waals surface area contributed by atoms with Gasteiger partial charge in [-0.05, 0) is 55.9 Å². The van der Waals surface area contributed by atoms with Crippen molar-refractivity contribution in [3.05, 3.63) is 65.2 Å². The Labute approximate surface area is 192 Å². The van der Waals surface area contributed by atoms with Gasteiger partial charge in [-0.3, -0.25) is 9.59 Å². The molecule has 2 aromatic carbocycles. The van der Waals surface area contributed by atoms with Crippen LogP contribution in [-0.2, 0) is 16.1 Å². The number of aryl methyl sites for hydroxylation is 1. The lowest BCUT2D eigenvalue weighted by atomic mass is 10.0. The lowest BCUT2D eigenvalue weighted by Crippen LogP contribution is -2.50. The summed E-state index contributed by atoms with van der Waals surface area (Å²) in [6, 6.07) is 15.5. The van der Waals surface area contributed by atoms with Gasteiger partial charge < -0.3 is 15.0 Å². The van der Waals surface area contributed by atoms with Crippen molar-refractivity contribution in [2.45, 2.75) is 77.9 Å². The van der Waals surface area contributed by atoms with Crippen LogP contribution in [-0.4, -0.2) is 35.4 Å². The topological polar surface area (TPSA) is 58.6 Å². The van der Waals surface area contributed by atoms with E-state index in [0.717, 1.165) is 36.8 Å². The number of benzene rings is 2. The van der Waals surface area contributed by atoms with Crippen LogP contribution in [0.3, 0.4) is 0 Å². The van der Waals surface area contributed by atoms with Gasteiger partial charge in [-0.25, -0.2) is 0 Å². The fourth-order valence-corrected chi connectivity index (χ4v) is 4.04. The molecule has 1 fully saturated rings. The number of hydrogen-bond acceptors (Lipinski definition) is 3. The molecule has 0 spiro atoms. The lowest BCUT2D eigenvalue weighted by molar-refractivity contribution is -0.142. The van der Waals surface area contributed by atoms with Gasteiger partial charge in [-0.15, -0.1) is 0 Å². The summed E-state index contributed by atoms with van der Waals surface area (Å²) in [6.45, 7) is 8.37. The van der Waals surface area contributed by atoms with Crippen LogP contribution in [0, 0.1) is 6.92 Å². The van der Waals surface area contributed by atoms with Crippen molar-refractivity contribution in [1.82, 2.24) is 10.2 Å². The van der Waals surface area contributed by atoms with Gasteiger partial charge >= 0.3 is 0 Å². The van der Waals surface area contributed by atoms with Crippen molar-refractivity contribution in [2.24, 2.45) is 0 Å². The van der Waals surface area contributed by atoms with E-state index in [1.54, 1.807) is 11.8 Å². The summed E-state index contributed by atoms with van der Waals surface area (Å²) in [6.07, 6.45) is 4.32. The molecule has 0 aromatic heterocycles. The van der Waals surface area contributed by atoms with E-state index in [4.69, 9.17) is 4.74 Å². The minimum atomic E-state index is -0.573. The molecule has 1 aliphatic rings. The first-order valence-corrected chi connectivity index (χ1v) is 11.7. The second kappa shape index (κ2) is 11.2. The molecule has 32 heavy (non-hydrogen) atoms. The summed E-state index contributed by atoms with van der Waals surface area (Å²) >= 11 is 0. The normalized spacial score (nSPS) is 14.9. The van der Waals surface area contributed by atoms with E-state index in [-0.39, 0.29) is 24.5 Å². The van der Waals surface area contributed by atoms with Gasteiger partial charge in [0.15, 0.2) is 6.61 Å². The molecule has 1 atom stereocenters. The highest BCUT2D eigenvalue weighted by molar-refractivity contribution is 5.88. The first-order valence-electron chi connectivity index (χ1n) is 11.7. The Kier molecular flexibility index (Phi) is 8.32. The molecule has 2 amide bonds. The van der Waals surface area contributed by atoms with E-state index in [1.807, 2.05) is 55.5 Å². The fraction of sp³-hybridized carbons (Fsp3) is 0.481. The molecule has 0 saturated heterocycles. The molecule has 1 unspecified atom stereocenters. The highest BCUT2D eigenvalue weighted by atomic mass is 16.5. The second-order valence-corrected chi connectivity index (χ2v) is 9.19. The van der Waals surface area contributed by atoms with Crippen LogP contribution in [0.4, 0.5) is 0 Å². The number of rotatable bonds is 9. The largest absolute Gasteiger partial charge is 0.484 e. The Morgan fingerprint density at radius 1 is 1.00 bits per heavy atom. The Hall–Kier alpha value is -2.82. The number of amides is 2. The van der Waals surface area contributed by atoms with Crippen LogP contribution in [0.5, 0.6) is 5.75 Å². The second-order valence-electron chi connectivity index (χ2n) is 9.19. The minimum absolute atomic E-state index is 0.0985. The monoisotopic (exact) mass is 436 g/mol. The Morgan fingerprint density at radius 3 is 2.22 bits per heavy atom. The molecule has 0 radical (unpaired) electrons. The molecule has 1 aliphatic carbocycles. The standard InChI is InChI=1S/C27H36N2O3/c1-19(2)23-13-15-25(16-14-23)32-18-26(30)29(17-22-11-9-20(3)10-12-22)21(4)27(31)28-24-7-5-6-8-24/h9-16,19,21,24H,5-8,17-18H2,1-4H3,(H,28,31). The average molecular weight is 437 g/mol. The van der Waals surface area contributed by atoms with Gasteiger partial charge in [0.1, 0.15) is 11.8 Å². The molecular weight excluding hydrogens is 400 g/mol. The molecule has 0 heterocycles. The Morgan fingerprint density at radius 2 is 1.62 bits per heavy atom. The highest BCUT2D eigenvalue weighted by Crippen LogP contribution is 2.20. The molecule has 5 heteroatoms. The van der Waals surface area contributed by atoms with Crippen molar-refractivity contribution in [1.29, 1.82) is 0 Å². The zero-order valence-corrected chi connectivity index (χ0v) is 19.8. The quantitative estimate of drug-likeness (QED) is 0.604. The van der Waals surface area contributed by atoms with Crippen LogP contribution in [0.2, 0.25) is 0 Å². The highest BCUT2D eigenvalue weighted by Gasteiger charge is 2.28. The maximum absolute atomic E-state index is 13.2. The molecule has 5 nitrogen and oxygen atoms in total. The summed E-state index contributed by atoms with van der Waals surface area (Å²) in [4.78, 5) is 27.7. The first-order chi connectivity index (χ1) is 15.3. The molecule has 2 aromatic rings. The Bertz CT molecular complexity index is 884. The molecular formula is C27H36N2O3. The third-order valence-electron chi connectivity index (χ3n) is 6.25. The third-order valence-corrected chi connectivity index (χ3v) is 6.25. The van der Waals surface area contributed by atoms with Gasteiger partial charge in [0.05, 0.1) is 0 Å². The average Bonchev–Trinajstić information content (AvgIpc) is 3.30. The van der Waals surface area contributed by atoms with Crippen molar-refractivity contribution in [3.8, 4) is 5.75 Å². The molecule has 1 saturated carbocycles. The summed E-state index contributed by atoms with van der Waals surface area (Å²) in [7, 11) is 0. The maximum atomic E-state index is 13.2. The first kappa shape index (κ1) is 23.8. The van der Waals surface area contributed by atoms with E-state index in [2.05, 4.69) is 19.2 Å². The predicted octanol–water partition coefficient (Wildman–Crippen LogP) is 4.97. The SMILES string of the molecule is Cc1ccc(CN(C(=O)COc2ccc(C(C)C)cc2)C(C)C(=O)NC2CCCC2)cc1. The predicted molar refractivity (Wildman–Crippen MR) is 128 cm³/mol. The molecule has 0 bridgehead atoms. The van der Waals surface area contributed by atoms with Crippen LogP contribution in [0.1, 0.15) is 69.1 Å². The van der Waals surface area contributed by atoms with E-state index < -0.39 is 6.04 Å². The molecule has 172 valence electrons. The number of carbonyl (C=O) groups excluding carboxylic acids is 2. The van der Waals surface area contributed by atoms with Gasteiger partial charge in [-0.2, -0.15) is 0 Å². The van der Waals surface area contributed by atoms with E-state index in [0.29, 0.717) is 18.2 Å². The van der Waals surface area contributed by atoms with Crippen LogP contribution < -0.4 is 10.1 Å². The number of nitrogens with zero attached hydrogens (tertiary/aromatic N) is 1. The number of nitrogens with one attached hydrogen (secondary N) is 1. The van der Waals surface area contributed by atoms with Crippen LogP contribution in [0.25, 0.3) is 0 Å². The number of hydrogen-bond donors (Lipinski definition) is 1. The molecule has 3 rings (SSSR count). The summed E-state index contributed by atoms with van der Waals surface area (Å²) in [5, 5.41) is 3.13. The van der Waals surface area contributed by atoms with Crippen LogP contribution >= 0.6 is 0 Å². The van der Waals surface area contributed by atoms with Gasteiger partial charge in [-0.1, -0.05) is 68.7 Å². The van der Waals surface area contributed by atoms with Crippen molar-refractivity contribution in [2.75, 3.05) is 6.61 Å². The maximum Gasteiger partial charge on any atom is 0.261 e. The van der Waals surface area contributed by atoms with Crippen molar-refractivity contribution >= 4 is 11.8 Å². The van der Waals surface area contributed by atoms with Gasteiger partial charge in [0.25, 0.3) is 5.91 Å². The fourth-order valence-electron chi connectivity index (χ4n) is 4.04. The molecule has 1 N–H and O–H groups in total. The van der Waals surface area contributed by atoms with Crippen molar-refractivity contribution in [3.63, 3.8) is 0 Å². The van der Waals surface area contributed by atoms with Crippen LogP contribution in [0.15, 0.2) is 48.5 Å². The zero-order valence-electron chi connectivity index (χ0n) is 19.8. The smallest absolute Gasteiger partial charge is 0.261 e. The summed E-state index contributed by atoms with van der Waals surface area (Å²) in [5.74, 6) is 0.794. The number of carbonyl (C=O) groups is 2. The Balaban J connectivity index is 1.68. The number of ether oxygens (including phenoxy) is 1. The van der Waals surface area contributed by atoms with Gasteiger partial charge in [0.2, 0.25) is 5.91 Å². The van der Waals surface area contributed by atoms with E-state index >= 15 is 0 Å².